The Labute approximate surface area is 119 Å². The maximum absolute atomic E-state index is 12.4. The van der Waals surface area contributed by atoms with Crippen molar-refractivity contribution in [1.82, 2.24) is 4.90 Å². The van der Waals surface area contributed by atoms with E-state index in [1.165, 1.54) is 0 Å². The minimum absolute atomic E-state index is 0.0448. The number of nitriles is 2. The summed E-state index contributed by atoms with van der Waals surface area (Å²) in [5, 5.41) is 19.0. The zero-order valence-electron chi connectivity index (χ0n) is 11.9. The first kappa shape index (κ1) is 14.1. The molecule has 1 aliphatic heterocycles. The van der Waals surface area contributed by atoms with Gasteiger partial charge in [0, 0.05) is 5.54 Å². The predicted octanol–water partition coefficient (Wildman–Crippen LogP) is 2.79. The van der Waals surface area contributed by atoms with Crippen molar-refractivity contribution >= 4 is 5.91 Å². The summed E-state index contributed by atoms with van der Waals surface area (Å²) in [4.78, 5) is 14.0. The summed E-state index contributed by atoms with van der Waals surface area (Å²) < 4.78 is 0. The van der Waals surface area contributed by atoms with Gasteiger partial charge in [-0.3, -0.25) is 4.79 Å². The molecule has 0 bridgehead atoms. The van der Waals surface area contributed by atoms with Crippen molar-refractivity contribution in [2.75, 3.05) is 0 Å². The van der Waals surface area contributed by atoms with Gasteiger partial charge in [0.2, 0.25) is 5.91 Å². The summed E-state index contributed by atoms with van der Waals surface area (Å²) in [5.41, 5.74) is -0.921. The van der Waals surface area contributed by atoms with Gasteiger partial charge in [-0.25, -0.2) is 0 Å². The molecule has 1 amide bonds. The van der Waals surface area contributed by atoms with Crippen LogP contribution < -0.4 is 0 Å². The third-order valence-electron chi connectivity index (χ3n) is 3.66. The molecule has 0 spiro atoms. The van der Waals surface area contributed by atoms with E-state index < -0.39 is 17.0 Å². The minimum Gasteiger partial charge on any atom is -0.328 e. The molecule has 1 aromatic carbocycles. The fourth-order valence-electron chi connectivity index (χ4n) is 2.84. The number of hydrogen-bond acceptors (Lipinski definition) is 3. The highest BCUT2D eigenvalue weighted by atomic mass is 16.2. The fourth-order valence-corrected chi connectivity index (χ4v) is 2.84. The second-order valence-electron chi connectivity index (χ2n) is 6.12. The summed E-state index contributed by atoms with van der Waals surface area (Å²) >= 11 is 0. The van der Waals surface area contributed by atoms with Gasteiger partial charge in [-0.05, 0) is 26.3 Å². The van der Waals surface area contributed by atoms with Gasteiger partial charge in [0.1, 0.15) is 0 Å². The molecule has 1 heterocycles. The topological polar surface area (TPSA) is 67.9 Å². The monoisotopic (exact) mass is 267 g/mol. The van der Waals surface area contributed by atoms with Crippen molar-refractivity contribution in [2.45, 2.75) is 38.8 Å². The number of carbonyl (C=O) groups excluding carboxylic acids is 1. The number of carbonyl (C=O) groups is 1. The predicted molar refractivity (Wildman–Crippen MR) is 74.1 cm³/mol. The van der Waals surface area contributed by atoms with Gasteiger partial charge in [0.15, 0.2) is 5.41 Å². The Balaban J connectivity index is 2.64. The van der Waals surface area contributed by atoms with Crippen molar-refractivity contribution in [2.24, 2.45) is 5.41 Å². The first-order valence-corrected chi connectivity index (χ1v) is 6.55. The lowest BCUT2D eigenvalue weighted by Crippen LogP contribution is -2.45. The smallest absolute Gasteiger partial charge is 0.226 e. The van der Waals surface area contributed by atoms with E-state index in [4.69, 9.17) is 0 Å². The number of amides is 1. The molecule has 0 unspecified atom stereocenters. The standard InChI is InChI=1S/C16H17N3O/c1-15(2,3)19-13(20)9-16(10-17,11-18)14(19)12-7-5-4-6-8-12/h4-8,14H,9H2,1-3H3/t14-/m0/s1. The summed E-state index contributed by atoms with van der Waals surface area (Å²) in [5.74, 6) is -0.144. The van der Waals surface area contributed by atoms with Crippen molar-refractivity contribution < 1.29 is 4.79 Å². The number of benzene rings is 1. The van der Waals surface area contributed by atoms with Crippen LogP contribution in [0.25, 0.3) is 0 Å². The van der Waals surface area contributed by atoms with E-state index in [9.17, 15) is 15.3 Å². The van der Waals surface area contributed by atoms with Gasteiger partial charge in [0.25, 0.3) is 0 Å². The number of hydrogen-bond donors (Lipinski definition) is 0. The highest BCUT2D eigenvalue weighted by molar-refractivity contribution is 5.83. The molecule has 1 aliphatic rings. The second-order valence-corrected chi connectivity index (χ2v) is 6.12. The molecule has 0 radical (unpaired) electrons. The Hall–Kier alpha value is -2.33. The molecule has 1 saturated heterocycles. The zero-order chi connectivity index (χ0) is 15.0. The Bertz CT molecular complexity index is 587. The van der Waals surface area contributed by atoms with Gasteiger partial charge in [-0.1, -0.05) is 30.3 Å². The second kappa shape index (κ2) is 4.65. The Morgan fingerprint density at radius 1 is 1.20 bits per heavy atom. The number of likely N-dealkylation sites (tertiary alicyclic amines) is 1. The number of nitrogens with zero attached hydrogens (tertiary/aromatic N) is 3. The van der Waals surface area contributed by atoms with Crippen molar-refractivity contribution in [3.8, 4) is 12.1 Å². The van der Waals surface area contributed by atoms with Crippen LogP contribution in [0.4, 0.5) is 0 Å². The Morgan fingerprint density at radius 2 is 1.75 bits per heavy atom. The fraction of sp³-hybridized carbons (Fsp3) is 0.438. The lowest BCUT2D eigenvalue weighted by molar-refractivity contribution is -0.133. The van der Waals surface area contributed by atoms with E-state index in [1.807, 2.05) is 51.1 Å². The quantitative estimate of drug-likeness (QED) is 0.785. The molecule has 4 nitrogen and oxygen atoms in total. The van der Waals surface area contributed by atoms with Crippen molar-refractivity contribution in [3.05, 3.63) is 35.9 Å². The average molecular weight is 267 g/mol. The van der Waals surface area contributed by atoms with Gasteiger partial charge in [0.05, 0.1) is 24.6 Å². The first-order valence-electron chi connectivity index (χ1n) is 6.55. The van der Waals surface area contributed by atoms with Crippen LogP contribution in [0.2, 0.25) is 0 Å². The first-order chi connectivity index (χ1) is 9.35. The van der Waals surface area contributed by atoms with E-state index in [0.717, 1.165) is 5.56 Å². The minimum atomic E-state index is -1.31. The Morgan fingerprint density at radius 3 is 2.20 bits per heavy atom. The van der Waals surface area contributed by atoms with E-state index in [1.54, 1.807) is 4.90 Å². The molecule has 0 N–H and O–H groups in total. The SMILES string of the molecule is CC(C)(C)N1C(=O)CC(C#N)(C#N)[C@@H]1c1ccccc1. The van der Waals surface area contributed by atoms with Crippen LogP contribution in [0.5, 0.6) is 0 Å². The third kappa shape index (κ3) is 2.04. The largest absolute Gasteiger partial charge is 0.328 e. The summed E-state index contributed by atoms with van der Waals surface area (Å²) in [7, 11) is 0. The lowest BCUT2D eigenvalue weighted by atomic mass is 9.79. The van der Waals surface area contributed by atoms with Crippen LogP contribution in [-0.4, -0.2) is 16.3 Å². The molecule has 0 aliphatic carbocycles. The summed E-state index contributed by atoms with van der Waals surface area (Å²) in [6.45, 7) is 5.77. The Kier molecular flexibility index (Phi) is 3.28. The van der Waals surface area contributed by atoms with E-state index >= 15 is 0 Å². The number of rotatable bonds is 1. The molecule has 1 aromatic rings. The molecule has 4 heteroatoms. The maximum atomic E-state index is 12.4. The zero-order valence-corrected chi connectivity index (χ0v) is 11.9. The lowest BCUT2D eigenvalue weighted by Gasteiger charge is -2.39. The average Bonchev–Trinajstić information content (AvgIpc) is 2.73. The van der Waals surface area contributed by atoms with Crippen molar-refractivity contribution in [1.29, 1.82) is 10.5 Å². The van der Waals surface area contributed by atoms with Crippen LogP contribution in [-0.2, 0) is 4.79 Å². The van der Waals surface area contributed by atoms with Gasteiger partial charge < -0.3 is 4.90 Å². The molecule has 1 atom stereocenters. The van der Waals surface area contributed by atoms with Gasteiger partial charge in [-0.15, -0.1) is 0 Å². The molecule has 102 valence electrons. The van der Waals surface area contributed by atoms with Gasteiger partial charge in [-0.2, -0.15) is 10.5 Å². The van der Waals surface area contributed by atoms with Gasteiger partial charge >= 0.3 is 0 Å². The van der Waals surface area contributed by atoms with E-state index in [-0.39, 0.29) is 12.3 Å². The van der Waals surface area contributed by atoms with Crippen LogP contribution in [0.3, 0.4) is 0 Å². The van der Waals surface area contributed by atoms with Crippen molar-refractivity contribution in [3.63, 3.8) is 0 Å². The maximum Gasteiger partial charge on any atom is 0.226 e. The molecule has 0 saturated carbocycles. The molecule has 1 fully saturated rings. The third-order valence-corrected chi connectivity index (χ3v) is 3.66. The van der Waals surface area contributed by atoms with Crippen LogP contribution >= 0.6 is 0 Å². The molecule has 20 heavy (non-hydrogen) atoms. The van der Waals surface area contributed by atoms with Crippen LogP contribution in [0.15, 0.2) is 30.3 Å². The van der Waals surface area contributed by atoms with E-state index in [2.05, 4.69) is 12.1 Å². The highest BCUT2D eigenvalue weighted by Gasteiger charge is 2.56. The van der Waals surface area contributed by atoms with Crippen LogP contribution in [0, 0.1) is 28.1 Å². The summed E-state index contributed by atoms with van der Waals surface area (Å²) in [6, 6.07) is 13.0. The van der Waals surface area contributed by atoms with E-state index in [0.29, 0.717) is 0 Å². The normalized spacial score (nSPS) is 21.4. The van der Waals surface area contributed by atoms with Crippen LogP contribution in [0.1, 0.15) is 38.8 Å². The molecule has 2 rings (SSSR count). The highest BCUT2D eigenvalue weighted by Crippen LogP contribution is 2.49. The molecular formula is C16H17N3O. The summed E-state index contributed by atoms with van der Waals surface area (Å²) in [6.07, 6.45) is -0.0448. The molecular weight excluding hydrogens is 250 g/mol. The molecule has 0 aromatic heterocycles.